The van der Waals surface area contributed by atoms with E-state index in [1.807, 2.05) is 13.8 Å². The number of aryl methyl sites for hydroxylation is 3. The molecule has 3 rings (SSSR count). The van der Waals surface area contributed by atoms with Crippen LogP contribution in [0.15, 0.2) is 41.3 Å². The Balaban J connectivity index is 2.19. The molecule has 0 saturated carbocycles. The van der Waals surface area contributed by atoms with Crippen LogP contribution in [0.4, 0.5) is 22.0 Å². The van der Waals surface area contributed by atoms with Gasteiger partial charge in [-0.25, -0.2) is 8.78 Å². The molecule has 0 saturated heterocycles. The molecule has 2 aromatic carbocycles. The maximum absolute atomic E-state index is 16.0. The molecular formula is C37H46F5N3O4. The zero-order valence-electron chi connectivity index (χ0n) is 29.4. The third-order valence-corrected chi connectivity index (χ3v) is 8.39. The number of carbonyl (C=O) groups excluding carboxylic acids is 2. The number of likely N-dealkylation sites (N-methyl/N-ethyl adjacent to an activating group) is 1. The number of halogens is 5. The molecule has 12 heteroatoms. The molecule has 268 valence electrons. The predicted molar refractivity (Wildman–Crippen MR) is 179 cm³/mol. The third kappa shape index (κ3) is 10.2. The van der Waals surface area contributed by atoms with E-state index in [4.69, 9.17) is 4.74 Å². The predicted octanol–water partition coefficient (Wildman–Crippen LogP) is 7.63. The Morgan fingerprint density at radius 1 is 0.959 bits per heavy atom. The van der Waals surface area contributed by atoms with E-state index in [0.29, 0.717) is 34.7 Å². The normalized spacial score (nSPS) is 13.1. The third-order valence-electron chi connectivity index (χ3n) is 8.39. The molecule has 0 aliphatic carbocycles. The van der Waals surface area contributed by atoms with Crippen molar-refractivity contribution in [1.82, 2.24) is 14.8 Å². The number of benzene rings is 2. The Hall–Kier alpha value is -4.06. The van der Waals surface area contributed by atoms with Crippen LogP contribution in [0.5, 0.6) is 0 Å². The van der Waals surface area contributed by atoms with E-state index in [2.05, 4.69) is 5.32 Å². The lowest BCUT2D eigenvalue weighted by molar-refractivity contribution is -0.144. The number of ether oxygens (including phenoxy) is 1. The van der Waals surface area contributed by atoms with Crippen LogP contribution >= 0.6 is 0 Å². The zero-order chi connectivity index (χ0) is 36.8. The molecule has 0 aliphatic heterocycles. The van der Waals surface area contributed by atoms with E-state index < -0.39 is 59.3 Å². The van der Waals surface area contributed by atoms with Gasteiger partial charge in [0.2, 0.25) is 5.91 Å². The van der Waals surface area contributed by atoms with Gasteiger partial charge in [0.1, 0.15) is 17.7 Å². The summed E-state index contributed by atoms with van der Waals surface area (Å²) in [6.07, 6.45) is -3.68. The summed E-state index contributed by atoms with van der Waals surface area (Å²) >= 11 is 0. The summed E-state index contributed by atoms with van der Waals surface area (Å²) in [5.74, 6) is -2.54. The lowest BCUT2D eigenvalue weighted by atomic mass is 9.90. The van der Waals surface area contributed by atoms with Gasteiger partial charge >= 0.3 is 12.1 Å². The average Bonchev–Trinajstić information content (AvgIpc) is 2.97. The minimum Gasteiger partial charge on any atom is -0.466 e. The summed E-state index contributed by atoms with van der Waals surface area (Å²) < 4.78 is 78.2. The van der Waals surface area contributed by atoms with Crippen molar-refractivity contribution in [3.63, 3.8) is 0 Å². The quantitative estimate of drug-likeness (QED) is 0.139. The Kier molecular flexibility index (Phi) is 13.3. The van der Waals surface area contributed by atoms with Gasteiger partial charge in [-0.15, -0.1) is 0 Å². The van der Waals surface area contributed by atoms with Crippen molar-refractivity contribution in [1.29, 1.82) is 0 Å². The van der Waals surface area contributed by atoms with Crippen LogP contribution in [0.2, 0.25) is 0 Å². The van der Waals surface area contributed by atoms with Gasteiger partial charge in [0.05, 0.1) is 24.6 Å². The summed E-state index contributed by atoms with van der Waals surface area (Å²) in [7, 11) is 3.42. The van der Waals surface area contributed by atoms with Gasteiger partial charge in [-0.2, -0.15) is 13.2 Å². The summed E-state index contributed by atoms with van der Waals surface area (Å²) in [5, 5.41) is 2.74. The first kappa shape index (κ1) is 39.4. The van der Waals surface area contributed by atoms with Gasteiger partial charge in [0.25, 0.3) is 5.56 Å². The second kappa shape index (κ2) is 16.6. The molecule has 1 unspecified atom stereocenters. The highest BCUT2D eigenvalue weighted by Crippen LogP contribution is 2.35. The number of aromatic nitrogens is 1. The smallest absolute Gasteiger partial charge is 0.416 e. The monoisotopic (exact) mass is 691 g/mol. The Morgan fingerprint density at radius 3 is 2.14 bits per heavy atom. The van der Waals surface area contributed by atoms with Crippen LogP contribution in [0.1, 0.15) is 85.5 Å². The van der Waals surface area contributed by atoms with Gasteiger partial charge < -0.3 is 19.5 Å². The first-order valence-electron chi connectivity index (χ1n) is 16.3. The molecule has 1 heterocycles. The fourth-order valence-electron chi connectivity index (χ4n) is 5.98. The first-order valence-corrected chi connectivity index (χ1v) is 16.3. The van der Waals surface area contributed by atoms with Crippen molar-refractivity contribution >= 4 is 11.9 Å². The van der Waals surface area contributed by atoms with E-state index in [0.717, 1.165) is 10.8 Å². The van der Waals surface area contributed by atoms with Gasteiger partial charge in [-0.3, -0.25) is 14.4 Å². The second-order valence-corrected chi connectivity index (χ2v) is 13.2. The van der Waals surface area contributed by atoms with E-state index in [-0.39, 0.29) is 48.6 Å². The summed E-state index contributed by atoms with van der Waals surface area (Å²) in [6.45, 7) is 10.7. The summed E-state index contributed by atoms with van der Waals surface area (Å²) in [6, 6.07) is 3.76. The number of carbonyl (C=O) groups is 2. The molecule has 0 aliphatic rings. The number of nitrogens with one attached hydrogen (secondary N) is 1. The average molecular weight is 692 g/mol. The topological polar surface area (TPSA) is 80.6 Å². The molecule has 1 N–H and O–H groups in total. The van der Waals surface area contributed by atoms with Crippen LogP contribution in [0.25, 0.3) is 11.1 Å². The lowest BCUT2D eigenvalue weighted by Gasteiger charge is -2.27. The van der Waals surface area contributed by atoms with Crippen molar-refractivity contribution in [3.8, 4) is 11.1 Å². The number of amides is 1. The number of hydrogen-bond donors (Lipinski definition) is 1. The SMILES string of the molecule is CCOC(=O)C[C@H](NC(=O)C(CCC(C)C)n1cc(CCN(C)C)c(C(F)(F)F)cc1=O)c1cc(-c2c(C)cc(F)cc2C)cc(C)c1F. The minimum absolute atomic E-state index is 0.0305. The maximum Gasteiger partial charge on any atom is 0.416 e. The van der Waals surface area contributed by atoms with Crippen molar-refractivity contribution < 1.29 is 36.3 Å². The Morgan fingerprint density at radius 2 is 1.59 bits per heavy atom. The molecule has 2 atom stereocenters. The molecule has 1 amide bonds. The van der Waals surface area contributed by atoms with Crippen molar-refractivity contribution in [3.05, 3.63) is 91.9 Å². The van der Waals surface area contributed by atoms with Crippen molar-refractivity contribution in [2.24, 2.45) is 5.92 Å². The molecular weight excluding hydrogens is 645 g/mol. The number of nitrogens with zero attached hydrogens (tertiary/aromatic N) is 2. The van der Waals surface area contributed by atoms with Gasteiger partial charge in [-0.1, -0.05) is 13.8 Å². The number of hydrogen-bond acceptors (Lipinski definition) is 5. The van der Waals surface area contributed by atoms with Crippen LogP contribution in [0, 0.1) is 38.3 Å². The van der Waals surface area contributed by atoms with Crippen LogP contribution < -0.4 is 10.9 Å². The second-order valence-electron chi connectivity index (χ2n) is 13.2. The molecule has 0 spiro atoms. The number of esters is 1. The first-order chi connectivity index (χ1) is 22.8. The van der Waals surface area contributed by atoms with Gasteiger partial charge in [0.15, 0.2) is 0 Å². The van der Waals surface area contributed by atoms with Crippen molar-refractivity contribution in [2.75, 3.05) is 27.2 Å². The van der Waals surface area contributed by atoms with E-state index in [9.17, 15) is 31.9 Å². The molecule has 0 fully saturated rings. The molecule has 0 radical (unpaired) electrons. The highest BCUT2D eigenvalue weighted by atomic mass is 19.4. The standard InChI is InChI=1S/C37H46F5N3O4/c1-9-49-33(47)19-30(28-17-26(14-24(6)35(28)39)34-22(4)15-27(38)16-23(34)5)43-36(48)31(11-10-21(2)3)45-20-25(12-13-44(7)8)29(18-32(45)46)37(40,41)42/h14-18,20-21,30-31H,9-13,19H2,1-8H3,(H,43,48)/t30-,31?/m0/s1. The summed E-state index contributed by atoms with van der Waals surface area (Å²) in [4.78, 5) is 42.0. The fraction of sp³-hybridized carbons (Fsp3) is 0.486. The molecule has 49 heavy (non-hydrogen) atoms. The minimum atomic E-state index is -4.79. The van der Waals surface area contributed by atoms with E-state index in [1.165, 1.54) is 25.1 Å². The Bertz CT molecular complexity index is 1690. The molecule has 1 aromatic heterocycles. The lowest BCUT2D eigenvalue weighted by Crippen LogP contribution is -2.40. The molecule has 3 aromatic rings. The van der Waals surface area contributed by atoms with Crippen molar-refractivity contribution in [2.45, 2.75) is 85.5 Å². The zero-order valence-corrected chi connectivity index (χ0v) is 29.4. The van der Waals surface area contributed by atoms with Gasteiger partial charge in [0, 0.05) is 24.4 Å². The van der Waals surface area contributed by atoms with E-state index >= 15 is 4.39 Å². The maximum atomic E-state index is 16.0. The number of pyridine rings is 1. The van der Waals surface area contributed by atoms with Crippen LogP contribution in [-0.2, 0) is 26.9 Å². The van der Waals surface area contributed by atoms with Crippen LogP contribution in [-0.4, -0.2) is 48.6 Å². The highest BCUT2D eigenvalue weighted by Gasteiger charge is 2.36. The Labute approximate surface area is 284 Å². The number of rotatable bonds is 14. The van der Waals surface area contributed by atoms with E-state index in [1.54, 1.807) is 45.8 Å². The van der Waals surface area contributed by atoms with Crippen LogP contribution in [0.3, 0.4) is 0 Å². The summed E-state index contributed by atoms with van der Waals surface area (Å²) in [5.41, 5.74) is 0.328. The largest absolute Gasteiger partial charge is 0.466 e. The molecule has 7 nitrogen and oxygen atoms in total. The highest BCUT2D eigenvalue weighted by molar-refractivity contribution is 5.82. The molecule has 0 bridgehead atoms. The van der Waals surface area contributed by atoms with Gasteiger partial charge in [-0.05, 0) is 125 Å². The number of alkyl halides is 3. The fourth-order valence-corrected chi connectivity index (χ4v) is 5.98.